The highest BCUT2D eigenvalue weighted by Gasteiger charge is 2.12. The van der Waals surface area contributed by atoms with Crippen molar-refractivity contribution in [2.45, 2.75) is 19.8 Å². The van der Waals surface area contributed by atoms with Gasteiger partial charge in [-0.3, -0.25) is 14.4 Å². The Labute approximate surface area is 314 Å². The summed E-state index contributed by atoms with van der Waals surface area (Å²) in [5.41, 5.74) is 6.40. The third kappa shape index (κ3) is 9.05. The number of carbonyl (C=O) groups excluding carboxylic acids is 3. The fourth-order valence-electron chi connectivity index (χ4n) is 5.82. The molecule has 7 aromatic rings. The quantitative estimate of drug-likeness (QED) is 0.0987. The minimum absolute atomic E-state index is 0.0374. The first kappa shape index (κ1) is 35.4. The third-order valence-electron chi connectivity index (χ3n) is 8.83. The lowest BCUT2D eigenvalue weighted by Crippen LogP contribution is -2.03. The summed E-state index contributed by atoms with van der Waals surface area (Å²) in [4.78, 5) is 38.6. The van der Waals surface area contributed by atoms with E-state index in [1.165, 1.54) is 0 Å². The van der Waals surface area contributed by atoms with E-state index in [2.05, 4.69) is 0 Å². The van der Waals surface area contributed by atoms with Gasteiger partial charge in [-0.2, -0.15) is 0 Å². The minimum Gasteiger partial charge on any atom is -0.489 e. The Kier molecular flexibility index (Phi) is 11.1. The van der Waals surface area contributed by atoms with Crippen LogP contribution in [0.4, 0.5) is 0 Å². The Morgan fingerprint density at radius 3 is 0.759 bits per heavy atom. The van der Waals surface area contributed by atoms with E-state index in [4.69, 9.17) is 14.2 Å². The van der Waals surface area contributed by atoms with Crippen LogP contribution >= 0.6 is 0 Å². The van der Waals surface area contributed by atoms with Gasteiger partial charge < -0.3 is 14.2 Å². The van der Waals surface area contributed by atoms with Gasteiger partial charge in [0.1, 0.15) is 37.1 Å². The number of benzene rings is 7. The molecule has 54 heavy (non-hydrogen) atoms. The molecule has 0 aliphatic rings. The Hall–Kier alpha value is -7.05. The van der Waals surface area contributed by atoms with Crippen LogP contribution in [0.1, 0.15) is 64.5 Å². The number of hydrogen-bond donors (Lipinski definition) is 0. The highest BCUT2D eigenvalue weighted by atomic mass is 16.5. The molecule has 0 saturated carbocycles. The maximum atomic E-state index is 12.9. The maximum Gasteiger partial charge on any atom is 0.193 e. The van der Waals surface area contributed by atoms with Gasteiger partial charge in [-0.05, 0) is 16.7 Å². The molecule has 6 heteroatoms. The first-order valence-corrected chi connectivity index (χ1v) is 17.6. The van der Waals surface area contributed by atoms with E-state index in [0.717, 1.165) is 16.7 Å². The van der Waals surface area contributed by atoms with Gasteiger partial charge in [0.25, 0.3) is 0 Å². The molecule has 0 atom stereocenters. The molecule has 0 N–H and O–H groups in total. The fraction of sp³-hybridized carbons (Fsp3) is 0.0625. The Morgan fingerprint density at radius 2 is 0.519 bits per heavy atom. The molecule has 0 amide bonds. The van der Waals surface area contributed by atoms with E-state index in [-0.39, 0.29) is 37.2 Å². The lowest BCUT2D eigenvalue weighted by Gasteiger charge is -2.14. The molecule has 264 valence electrons. The average molecular weight is 709 g/mol. The van der Waals surface area contributed by atoms with Crippen LogP contribution in [0.2, 0.25) is 0 Å². The fourth-order valence-corrected chi connectivity index (χ4v) is 5.82. The van der Waals surface area contributed by atoms with Gasteiger partial charge in [0.2, 0.25) is 0 Å². The van der Waals surface area contributed by atoms with E-state index in [1.54, 1.807) is 91.0 Å². The second kappa shape index (κ2) is 17.0. The predicted octanol–water partition coefficient (Wildman–Crippen LogP) is 10.1. The van der Waals surface area contributed by atoms with Crippen molar-refractivity contribution in [1.82, 2.24) is 0 Å². The molecule has 0 aliphatic heterocycles. The molecular weight excluding hydrogens is 673 g/mol. The zero-order chi connectivity index (χ0) is 37.1. The van der Waals surface area contributed by atoms with Crippen molar-refractivity contribution < 1.29 is 28.6 Å². The van der Waals surface area contributed by atoms with Crippen LogP contribution in [0, 0.1) is 0 Å². The SMILES string of the molecule is O=C(c1ccccc1)c1ccc(COc2cc(OCc3ccc(C(=O)c4ccccc4)cc3)cc(OCc3ccc(C(=O)c4ccccc4)cc3)c2)cc1. The number of hydrogen-bond acceptors (Lipinski definition) is 6. The van der Waals surface area contributed by atoms with E-state index < -0.39 is 0 Å². The second-order valence-electron chi connectivity index (χ2n) is 12.7. The lowest BCUT2D eigenvalue weighted by molar-refractivity contribution is 0.103. The first-order chi connectivity index (χ1) is 26.5. The maximum absolute atomic E-state index is 12.9. The zero-order valence-electron chi connectivity index (χ0n) is 29.4. The molecule has 6 nitrogen and oxygen atoms in total. The van der Waals surface area contributed by atoms with E-state index >= 15 is 0 Å². The molecule has 0 unspecified atom stereocenters. The molecular formula is C48H36O6. The van der Waals surface area contributed by atoms with E-state index in [0.29, 0.717) is 50.6 Å². The van der Waals surface area contributed by atoms with Gasteiger partial charge in [-0.1, -0.05) is 164 Å². The summed E-state index contributed by atoms with van der Waals surface area (Å²) < 4.78 is 18.6. The number of ether oxygens (including phenoxy) is 3. The summed E-state index contributed by atoms with van der Waals surface area (Å²) in [5.74, 6) is 1.51. The average Bonchev–Trinajstić information content (AvgIpc) is 3.25. The lowest BCUT2D eigenvalue weighted by atomic mass is 10.0. The summed E-state index contributed by atoms with van der Waals surface area (Å²) in [6.45, 7) is 0.781. The molecule has 0 heterocycles. The van der Waals surface area contributed by atoms with Crippen LogP contribution in [0.3, 0.4) is 0 Å². The zero-order valence-corrected chi connectivity index (χ0v) is 29.4. The summed E-state index contributed by atoms with van der Waals surface area (Å²) in [7, 11) is 0. The highest BCUT2D eigenvalue weighted by molar-refractivity contribution is 6.10. The molecule has 0 spiro atoms. The van der Waals surface area contributed by atoms with Crippen LogP contribution < -0.4 is 14.2 Å². The van der Waals surface area contributed by atoms with E-state index in [9.17, 15) is 14.4 Å². The molecule has 0 bridgehead atoms. The Balaban J connectivity index is 1.04. The molecule has 0 aliphatic carbocycles. The molecule has 0 saturated heterocycles. The summed E-state index contributed by atoms with van der Waals surface area (Å²) in [5, 5.41) is 0. The molecule has 0 aromatic heterocycles. The summed E-state index contributed by atoms with van der Waals surface area (Å²) in [6.07, 6.45) is 0. The second-order valence-corrected chi connectivity index (χ2v) is 12.7. The van der Waals surface area contributed by atoms with E-state index in [1.807, 2.05) is 91.0 Å². The molecule has 7 rings (SSSR count). The topological polar surface area (TPSA) is 78.9 Å². The molecule has 7 aromatic carbocycles. The van der Waals surface area contributed by atoms with Crippen LogP contribution in [-0.4, -0.2) is 17.3 Å². The first-order valence-electron chi connectivity index (χ1n) is 17.6. The van der Waals surface area contributed by atoms with Crippen molar-refractivity contribution in [3.63, 3.8) is 0 Å². The normalized spacial score (nSPS) is 10.7. The van der Waals surface area contributed by atoms with Crippen molar-refractivity contribution in [2.75, 3.05) is 0 Å². The van der Waals surface area contributed by atoms with Crippen LogP contribution in [0.5, 0.6) is 17.2 Å². The largest absolute Gasteiger partial charge is 0.489 e. The van der Waals surface area contributed by atoms with Crippen LogP contribution in [-0.2, 0) is 19.8 Å². The van der Waals surface area contributed by atoms with Gasteiger partial charge in [0.15, 0.2) is 17.3 Å². The molecule has 0 radical (unpaired) electrons. The number of rotatable bonds is 15. The molecule has 0 fully saturated rings. The monoisotopic (exact) mass is 708 g/mol. The Morgan fingerprint density at radius 1 is 0.296 bits per heavy atom. The van der Waals surface area contributed by atoms with Gasteiger partial charge in [-0.15, -0.1) is 0 Å². The highest BCUT2D eigenvalue weighted by Crippen LogP contribution is 2.30. The number of ketones is 3. The van der Waals surface area contributed by atoms with Crippen LogP contribution in [0.15, 0.2) is 182 Å². The summed E-state index contributed by atoms with van der Waals surface area (Å²) >= 11 is 0. The van der Waals surface area contributed by atoms with Gasteiger partial charge in [0, 0.05) is 51.6 Å². The van der Waals surface area contributed by atoms with Crippen molar-refractivity contribution in [3.05, 3.63) is 232 Å². The number of carbonyl (C=O) groups is 3. The Bertz CT molecular complexity index is 2050. The van der Waals surface area contributed by atoms with Crippen molar-refractivity contribution >= 4 is 17.3 Å². The third-order valence-corrected chi connectivity index (χ3v) is 8.83. The smallest absolute Gasteiger partial charge is 0.193 e. The standard InChI is InChI=1S/C48H36O6/c49-46(37-10-4-1-5-11-37)40-22-16-34(17-23-40)31-52-43-28-44(53-32-35-18-24-41(25-19-35)47(50)38-12-6-2-7-13-38)30-45(29-43)54-33-36-20-26-42(27-21-36)48(51)39-14-8-3-9-15-39/h1-30H,31-33H2. The predicted molar refractivity (Wildman–Crippen MR) is 208 cm³/mol. The van der Waals surface area contributed by atoms with Crippen molar-refractivity contribution in [1.29, 1.82) is 0 Å². The summed E-state index contributed by atoms with van der Waals surface area (Å²) in [6, 6.07) is 55.1. The van der Waals surface area contributed by atoms with Gasteiger partial charge in [-0.25, -0.2) is 0 Å². The van der Waals surface area contributed by atoms with Gasteiger partial charge >= 0.3 is 0 Å². The van der Waals surface area contributed by atoms with Crippen LogP contribution in [0.25, 0.3) is 0 Å². The van der Waals surface area contributed by atoms with Gasteiger partial charge in [0.05, 0.1) is 0 Å². The van der Waals surface area contributed by atoms with Crippen molar-refractivity contribution in [3.8, 4) is 17.2 Å². The van der Waals surface area contributed by atoms with Crippen molar-refractivity contribution in [2.24, 2.45) is 0 Å². The minimum atomic E-state index is -0.0374.